The first-order chi connectivity index (χ1) is 8.63. The van der Waals surface area contributed by atoms with Crippen LogP contribution in [0.25, 0.3) is 0 Å². The van der Waals surface area contributed by atoms with Gasteiger partial charge in [-0.2, -0.15) is 0 Å². The van der Waals surface area contributed by atoms with Crippen molar-refractivity contribution in [2.45, 2.75) is 19.3 Å². The molecule has 18 heavy (non-hydrogen) atoms. The van der Waals surface area contributed by atoms with Gasteiger partial charge in [0.1, 0.15) is 0 Å². The normalized spacial score (nSPS) is 24.8. The van der Waals surface area contributed by atoms with E-state index in [2.05, 4.69) is 31.0 Å². The van der Waals surface area contributed by atoms with Crippen molar-refractivity contribution in [1.29, 1.82) is 0 Å². The van der Waals surface area contributed by atoms with Gasteiger partial charge in [-0.05, 0) is 38.1 Å². The van der Waals surface area contributed by atoms with E-state index in [1.807, 2.05) is 12.1 Å². The molecule has 0 N–H and O–H groups in total. The van der Waals surface area contributed by atoms with Crippen molar-refractivity contribution in [2.75, 3.05) is 27.2 Å². The Hall–Kier alpha value is -1.35. The quantitative estimate of drug-likeness (QED) is 0.750. The van der Waals surface area contributed by atoms with Crippen molar-refractivity contribution in [3.05, 3.63) is 35.4 Å². The third kappa shape index (κ3) is 2.56. The van der Waals surface area contributed by atoms with Crippen LogP contribution in [0.5, 0.6) is 0 Å². The van der Waals surface area contributed by atoms with Gasteiger partial charge in [-0.3, -0.25) is 4.79 Å². The van der Waals surface area contributed by atoms with Gasteiger partial charge in [0.25, 0.3) is 0 Å². The number of hydrogen-bond acceptors (Lipinski definition) is 3. The molecule has 98 valence electrons. The van der Waals surface area contributed by atoms with Crippen LogP contribution in [0, 0.1) is 12.8 Å². The van der Waals surface area contributed by atoms with Gasteiger partial charge in [0.2, 0.25) is 0 Å². The number of methoxy groups -OCH3 is 1. The summed E-state index contributed by atoms with van der Waals surface area (Å²) >= 11 is 0. The molecule has 1 saturated heterocycles. The van der Waals surface area contributed by atoms with Crippen molar-refractivity contribution in [3.63, 3.8) is 0 Å². The minimum Gasteiger partial charge on any atom is -0.469 e. The van der Waals surface area contributed by atoms with Gasteiger partial charge in [-0.15, -0.1) is 0 Å². The van der Waals surface area contributed by atoms with Crippen molar-refractivity contribution >= 4 is 5.97 Å². The van der Waals surface area contributed by atoms with E-state index in [9.17, 15) is 4.79 Å². The van der Waals surface area contributed by atoms with Crippen LogP contribution in [0.15, 0.2) is 24.3 Å². The minimum atomic E-state index is -0.0728. The first-order valence-corrected chi connectivity index (χ1v) is 6.45. The van der Waals surface area contributed by atoms with Crippen LogP contribution in [0.1, 0.15) is 23.5 Å². The second kappa shape index (κ2) is 5.53. The molecule has 1 fully saturated rings. The van der Waals surface area contributed by atoms with E-state index in [1.165, 1.54) is 18.2 Å². The lowest BCUT2D eigenvalue weighted by atomic mass is 9.79. The highest BCUT2D eigenvalue weighted by atomic mass is 16.5. The van der Waals surface area contributed by atoms with Gasteiger partial charge in [-0.25, -0.2) is 0 Å². The zero-order valence-corrected chi connectivity index (χ0v) is 11.3. The number of likely N-dealkylation sites (N-methyl/N-ethyl adjacent to an activating group) is 1. The summed E-state index contributed by atoms with van der Waals surface area (Å²) in [5.41, 5.74) is 2.53. The molecule has 1 aromatic rings. The van der Waals surface area contributed by atoms with Gasteiger partial charge >= 0.3 is 5.97 Å². The van der Waals surface area contributed by atoms with Crippen molar-refractivity contribution in [3.8, 4) is 0 Å². The number of piperidine rings is 1. The highest BCUT2D eigenvalue weighted by molar-refractivity contribution is 5.74. The van der Waals surface area contributed by atoms with Crippen LogP contribution < -0.4 is 0 Å². The fourth-order valence-corrected chi connectivity index (χ4v) is 2.87. The number of rotatable bonds is 2. The molecule has 2 unspecified atom stereocenters. The Morgan fingerprint density at radius 1 is 1.39 bits per heavy atom. The first kappa shape index (κ1) is 13.1. The number of benzene rings is 1. The van der Waals surface area contributed by atoms with Crippen LogP contribution in [0.2, 0.25) is 0 Å². The summed E-state index contributed by atoms with van der Waals surface area (Å²) in [5.74, 6) is 0.168. The number of likely N-dealkylation sites (tertiary alicyclic amines) is 1. The molecule has 1 aromatic carbocycles. The summed E-state index contributed by atoms with van der Waals surface area (Å²) in [6, 6.07) is 8.33. The van der Waals surface area contributed by atoms with Gasteiger partial charge in [0, 0.05) is 12.5 Å². The highest BCUT2D eigenvalue weighted by Crippen LogP contribution is 2.34. The standard InChI is InChI=1S/C15H21NO2/c1-11-6-4-5-7-12(11)14-10-16(2)9-8-13(14)15(17)18-3/h4-7,13-14H,8-10H2,1-3H3. The number of carbonyl (C=O) groups excluding carboxylic acids is 1. The Morgan fingerprint density at radius 3 is 2.78 bits per heavy atom. The van der Waals surface area contributed by atoms with Crippen LogP contribution in [-0.4, -0.2) is 38.1 Å². The number of aryl methyl sites for hydroxylation is 1. The van der Waals surface area contributed by atoms with Crippen molar-refractivity contribution < 1.29 is 9.53 Å². The molecule has 0 saturated carbocycles. The fraction of sp³-hybridized carbons (Fsp3) is 0.533. The molecule has 3 nitrogen and oxygen atoms in total. The Labute approximate surface area is 109 Å². The zero-order valence-electron chi connectivity index (χ0n) is 11.3. The molecule has 0 aromatic heterocycles. The number of carbonyl (C=O) groups is 1. The van der Waals surface area contributed by atoms with Gasteiger partial charge in [0.05, 0.1) is 13.0 Å². The molecule has 2 atom stereocenters. The molecule has 1 aliphatic heterocycles. The summed E-state index contributed by atoms with van der Waals surface area (Å²) in [6.45, 7) is 3.99. The predicted octanol–water partition coefficient (Wildman–Crippen LogP) is 2.20. The molecule has 0 aliphatic carbocycles. The SMILES string of the molecule is COC(=O)C1CCN(C)CC1c1ccccc1C. The first-order valence-electron chi connectivity index (χ1n) is 6.45. The lowest BCUT2D eigenvalue weighted by Gasteiger charge is -2.36. The maximum Gasteiger partial charge on any atom is 0.309 e. The van der Waals surface area contributed by atoms with Crippen LogP contribution in [0.3, 0.4) is 0 Å². The minimum absolute atomic E-state index is 0.00713. The third-order valence-corrected chi connectivity index (χ3v) is 3.91. The summed E-state index contributed by atoms with van der Waals surface area (Å²) < 4.78 is 4.96. The van der Waals surface area contributed by atoms with Gasteiger partial charge in [-0.1, -0.05) is 24.3 Å². The van der Waals surface area contributed by atoms with Crippen LogP contribution >= 0.6 is 0 Å². The maximum absolute atomic E-state index is 11.9. The lowest BCUT2D eigenvalue weighted by molar-refractivity contribution is -0.147. The van der Waals surface area contributed by atoms with Gasteiger partial charge in [0.15, 0.2) is 0 Å². The molecule has 2 rings (SSSR count). The van der Waals surface area contributed by atoms with Crippen LogP contribution in [0.4, 0.5) is 0 Å². The van der Waals surface area contributed by atoms with Crippen molar-refractivity contribution in [1.82, 2.24) is 4.90 Å². The maximum atomic E-state index is 11.9. The third-order valence-electron chi connectivity index (χ3n) is 3.91. The average molecular weight is 247 g/mol. The molecule has 3 heteroatoms. The van der Waals surface area contributed by atoms with E-state index in [0.29, 0.717) is 0 Å². The zero-order chi connectivity index (χ0) is 13.1. The highest BCUT2D eigenvalue weighted by Gasteiger charge is 2.35. The molecule has 0 amide bonds. The van der Waals surface area contributed by atoms with Crippen molar-refractivity contribution in [2.24, 2.45) is 5.92 Å². The molecule has 0 bridgehead atoms. The molecular weight excluding hydrogens is 226 g/mol. The molecule has 0 radical (unpaired) electrons. The fourth-order valence-electron chi connectivity index (χ4n) is 2.87. The largest absolute Gasteiger partial charge is 0.469 e. The topological polar surface area (TPSA) is 29.5 Å². The number of esters is 1. The number of nitrogens with zero attached hydrogens (tertiary/aromatic N) is 1. The Bertz CT molecular complexity index is 430. The number of ether oxygens (including phenoxy) is 1. The Kier molecular flexibility index (Phi) is 4.02. The average Bonchev–Trinajstić information content (AvgIpc) is 2.38. The summed E-state index contributed by atoms with van der Waals surface area (Å²) in [7, 11) is 3.59. The molecular formula is C15H21NO2. The predicted molar refractivity (Wildman–Crippen MR) is 71.5 cm³/mol. The summed E-state index contributed by atoms with van der Waals surface area (Å²) in [4.78, 5) is 14.2. The Balaban J connectivity index is 2.31. The van der Waals surface area contributed by atoms with E-state index in [0.717, 1.165) is 19.5 Å². The molecule has 1 aliphatic rings. The van der Waals surface area contributed by atoms with Gasteiger partial charge < -0.3 is 9.64 Å². The Morgan fingerprint density at radius 2 is 2.11 bits per heavy atom. The summed E-state index contributed by atoms with van der Waals surface area (Å²) in [5, 5.41) is 0. The van der Waals surface area contributed by atoms with Crippen LogP contribution in [-0.2, 0) is 9.53 Å². The van der Waals surface area contributed by atoms with E-state index in [1.54, 1.807) is 0 Å². The van der Waals surface area contributed by atoms with E-state index in [-0.39, 0.29) is 17.8 Å². The van der Waals surface area contributed by atoms with E-state index < -0.39 is 0 Å². The lowest BCUT2D eigenvalue weighted by Crippen LogP contribution is -2.40. The smallest absolute Gasteiger partial charge is 0.309 e. The number of hydrogen-bond donors (Lipinski definition) is 0. The second-order valence-electron chi connectivity index (χ2n) is 5.14. The molecule has 0 spiro atoms. The molecule has 1 heterocycles. The van der Waals surface area contributed by atoms with E-state index in [4.69, 9.17) is 4.74 Å². The monoisotopic (exact) mass is 247 g/mol. The van der Waals surface area contributed by atoms with E-state index >= 15 is 0 Å². The summed E-state index contributed by atoms with van der Waals surface area (Å²) in [6.07, 6.45) is 0.877. The second-order valence-corrected chi connectivity index (χ2v) is 5.14.